The summed E-state index contributed by atoms with van der Waals surface area (Å²) in [5, 5.41) is 0. The van der Waals surface area contributed by atoms with Crippen molar-refractivity contribution in [3.63, 3.8) is 0 Å². The van der Waals surface area contributed by atoms with E-state index < -0.39 is 5.92 Å². The summed E-state index contributed by atoms with van der Waals surface area (Å²) in [5.41, 5.74) is 0. The van der Waals surface area contributed by atoms with Crippen molar-refractivity contribution in [2.24, 2.45) is 5.92 Å². The molecule has 0 aromatic carbocycles. The lowest BCUT2D eigenvalue weighted by molar-refractivity contribution is -0.0275. The van der Waals surface area contributed by atoms with Gasteiger partial charge in [-0.3, -0.25) is 0 Å². The van der Waals surface area contributed by atoms with Gasteiger partial charge in [0.15, 0.2) is 0 Å². The van der Waals surface area contributed by atoms with E-state index in [9.17, 15) is 8.78 Å². The van der Waals surface area contributed by atoms with Gasteiger partial charge in [-0.1, -0.05) is 41.0 Å². The summed E-state index contributed by atoms with van der Waals surface area (Å²) in [4.78, 5) is 0. The van der Waals surface area contributed by atoms with Crippen molar-refractivity contribution in [2.75, 3.05) is 0 Å². The Morgan fingerprint density at radius 2 is 1.58 bits per heavy atom. The van der Waals surface area contributed by atoms with Crippen LogP contribution < -0.4 is 0 Å². The minimum absolute atomic E-state index is 0.0286. The maximum Gasteiger partial charge on any atom is 0.248 e. The standard InChI is InChI=1S/C8H16F2.C2H6/c1-4-5-8(9,10)6-7(2)3;1-2/h7H,4-6H2,1-3H3;1-2H3. The average molecular weight is 180 g/mol. The molecule has 0 aromatic heterocycles. The van der Waals surface area contributed by atoms with Crippen molar-refractivity contribution in [2.45, 2.75) is 59.8 Å². The highest BCUT2D eigenvalue weighted by Crippen LogP contribution is 2.27. The number of halogens is 2. The molecule has 0 nitrogen and oxygen atoms in total. The Bertz CT molecular complexity index is 87.8. The highest BCUT2D eigenvalue weighted by Gasteiger charge is 2.27. The predicted molar refractivity (Wildman–Crippen MR) is 50.7 cm³/mol. The monoisotopic (exact) mass is 180 g/mol. The van der Waals surface area contributed by atoms with Gasteiger partial charge in [-0.25, -0.2) is 8.78 Å². The summed E-state index contributed by atoms with van der Waals surface area (Å²) in [6.07, 6.45) is 0.631. The predicted octanol–water partition coefficient (Wildman–Crippen LogP) is 4.49. The zero-order chi connectivity index (χ0) is 10.2. The fourth-order valence-electron chi connectivity index (χ4n) is 1.07. The van der Waals surface area contributed by atoms with Gasteiger partial charge in [0.05, 0.1) is 0 Å². The molecular weight excluding hydrogens is 158 g/mol. The second-order valence-electron chi connectivity index (χ2n) is 3.20. The molecule has 0 saturated heterocycles. The van der Waals surface area contributed by atoms with Crippen LogP contribution in [0.1, 0.15) is 53.9 Å². The van der Waals surface area contributed by atoms with E-state index in [0.717, 1.165) is 0 Å². The van der Waals surface area contributed by atoms with Gasteiger partial charge in [0.2, 0.25) is 5.92 Å². The Hall–Kier alpha value is -0.140. The van der Waals surface area contributed by atoms with Crippen molar-refractivity contribution < 1.29 is 8.78 Å². The number of hydrogen-bond donors (Lipinski definition) is 0. The minimum Gasteiger partial charge on any atom is -0.207 e. The maximum atomic E-state index is 12.7. The first-order valence-corrected chi connectivity index (χ1v) is 4.86. The van der Waals surface area contributed by atoms with Gasteiger partial charge in [0.1, 0.15) is 0 Å². The SMILES string of the molecule is CC.CCCC(F)(F)CC(C)C. The van der Waals surface area contributed by atoms with Gasteiger partial charge in [-0.15, -0.1) is 0 Å². The Morgan fingerprint density at radius 3 is 1.83 bits per heavy atom. The third-order valence-corrected chi connectivity index (χ3v) is 1.32. The Labute approximate surface area is 75.4 Å². The van der Waals surface area contributed by atoms with Gasteiger partial charge in [-0.05, 0) is 5.92 Å². The zero-order valence-corrected chi connectivity index (χ0v) is 8.95. The molecule has 0 spiro atoms. The van der Waals surface area contributed by atoms with Crippen molar-refractivity contribution in [3.8, 4) is 0 Å². The van der Waals surface area contributed by atoms with Crippen molar-refractivity contribution in [3.05, 3.63) is 0 Å². The first-order chi connectivity index (χ1) is 5.48. The fraction of sp³-hybridized carbons (Fsp3) is 1.00. The molecule has 0 atom stereocenters. The molecule has 0 unspecified atom stereocenters. The first kappa shape index (κ1) is 14.4. The van der Waals surface area contributed by atoms with Crippen LogP contribution in [0.4, 0.5) is 8.78 Å². The lowest BCUT2D eigenvalue weighted by atomic mass is 10.0. The van der Waals surface area contributed by atoms with Crippen LogP contribution in [0.5, 0.6) is 0 Å². The van der Waals surface area contributed by atoms with Crippen LogP contribution in [-0.4, -0.2) is 5.92 Å². The average Bonchev–Trinajstić information content (AvgIpc) is 1.88. The molecule has 0 amide bonds. The number of hydrogen-bond acceptors (Lipinski definition) is 0. The van der Waals surface area contributed by atoms with E-state index >= 15 is 0 Å². The molecule has 0 fully saturated rings. The third-order valence-electron chi connectivity index (χ3n) is 1.32. The maximum absolute atomic E-state index is 12.7. The van der Waals surface area contributed by atoms with Crippen molar-refractivity contribution in [1.82, 2.24) is 0 Å². The van der Waals surface area contributed by atoms with Crippen molar-refractivity contribution in [1.29, 1.82) is 0 Å². The van der Waals surface area contributed by atoms with Crippen LogP contribution in [0.2, 0.25) is 0 Å². The molecule has 0 heterocycles. The number of rotatable bonds is 4. The third kappa shape index (κ3) is 9.86. The van der Waals surface area contributed by atoms with Crippen LogP contribution in [0.15, 0.2) is 0 Å². The van der Waals surface area contributed by atoms with Gasteiger partial charge < -0.3 is 0 Å². The molecule has 0 radical (unpaired) electrons. The van der Waals surface area contributed by atoms with Gasteiger partial charge in [-0.2, -0.15) is 0 Å². The van der Waals surface area contributed by atoms with Gasteiger partial charge in [0.25, 0.3) is 0 Å². The van der Waals surface area contributed by atoms with E-state index in [2.05, 4.69) is 0 Å². The van der Waals surface area contributed by atoms with E-state index in [4.69, 9.17) is 0 Å². The van der Waals surface area contributed by atoms with Crippen LogP contribution in [0.3, 0.4) is 0 Å². The molecule has 0 aliphatic carbocycles. The van der Waals surface area contributed by atoms with E-state index in [1.165, 1.54) is 0 Å². The Morgan fingerprint density at radius 1 is 1.17 bits per heavy atom. The molecular formula is C10H22F2. The molecule has 0 aliphatic rings. The lowest BCUT2D eigenvalue weighted by Gasteiger charge is -2.16. The Kier molecular flexibility index (Phi) is 9.00. The van der Waals surface area contributed by atoms with E-state index in [0.29, 0.717) is 6.42 Å². The van der Waals surface area contributed by atoms with Crippen LogP contribution in [-0.2, 0) is 0 Å². The van der Waals surface area contributed by atoms with Crippen molar-refractivity contribution >= 4 is 0 Å². The molecule has 12 heavy (non-hydrogen) atoms. The molecule has 0 aromatic rings. The van der Waals surface area contributed by atoms with E-state index in [1.807, 2.05) is 27.7 Å². The molecule has 0 aliphatic heterocycles. The lowest BCUT2D eigenvalue weighted by Crippen LogP contribution is -2.17. The number of alkyl halides is 2. The zero-order valence-electron chi connectivity index (χ0n) is 8.95. The largest absolute Gasteiger partial charge is 0.248 e. The summed E-state index contributed by atoms with van der Waals surface area (Å²) in [6, 6.07) is 0. The molecule has 0 saturated carbocycles. The first-order valence-electron chi connectivity index (χ1n) is 4.86. The Balaban J connectivity index is 0. The van der Waals surface area contributed by atoms with Crippen LogP contribution >= 0.6 is 0 Å². The van der Waals surface area contributed by atoms with Gasteiger partial charge in [0, 0.05) is 12.8 Å². The molecule has 76 valence electrons. The summed E-state index contributed by atoms with van der Waals surface area (Å²) in [7, 11) is 0. The summed E-state index contributed by atoms with van der Waals surface area (Å²) in [6.45, 7) is 9.43. The normalized spacial score (nSPS) is 11.0. The fourth-order valence-corrected chi connectivity index (χ4v) is 1.07. The van der Waals surface area contributed by atoms with E-state index in [1.54, 1.807) is 6.92 Å². The summed E-state index contributed by atoms with van der Waals surface area (Å²) < 4.78 is 25.3. The molecule has 0 rings (SSSR count). The molecule has 2 heteroatoms. The second kappa shape index (κ2) is 7.51. The highest BCUT2D eigenvalue weighted by atomic mass is 19.3. The summed E-state index contributed by atoms with van der Waals surface area (Å²) >= 11 is 0. The highest BCUT2D eigenvalue weighted by molar-refractivity contribution is 4.66. The molecule has 0 N–H and O–H groups in total. The quantitative estimate of drug-likeness (QED) is 0.597. The van der Waals surface area contributed by atoms with Gasteiger partial charge >= 0.3 is 0 Å². The topological polar surface area (TPSA) is 0 Å². The minimum atomic E-state index is -2.43. The molecule has 0 bridgehead atoms. The van der Waals surface area contributed by atoms with Crippen LogP contribution in [0.25, 0.3) is 0 Å². The second-order valence-corrected chi connectivity index (χ2v) is 3.20. The smallest absolute Gasteiger partial charge is 0.207 e. The van der Waals surface area contributed by atoms with Crippen LogP contribution in [0, 0.1) is 5.92 Å². The summed E-state index contributed by atoms with van der Waals surface area (Å²) in [5.74, 6) is -2.33. The van der Waals surface area contributed by atoms with E-state index in [-0.39, 0.29) is 18.8 Å².